The lowest BCUT2D eigenvalue weighted by Gasteiger charge is -2.30. The molecule has 134 valence electrons. The Morgan fingerprint density at radius 1 is 0.571 bits per heavy atom. The van der Waals surface area contributed by atoms with Gasteiger partial charge in [0.15, 0.2) is 0 Å². The number of hydrogen-bond donors (Lipinski definition) is 1. The van der Waals surface area contributed by atoms with Crippen molar-refractivity contribution in [2.24, 2.45) is 0 Å². The standard InChI is InChI=1S/C27H21N/c1-2-28-25-17-9-16-24-26(25)20-12-5-8-15-23(20)27(24)21-13-6-3-10-18(21)19-11-4-7-14-22(19)27/h3-17,28H,2H2,1H3. The second kappa shape index (κ2) is 5.59. The Balaban J connectivity index is 1.83. The van der Waals surface area contributed by atoms with Crippen LogP contribution in [0, 0.1) is 0 Å². The predicted octanol–water partition coefficient (Wildman–Crippen LogP) is 6.46. The summed E-state index contributed by atoms with van der Waals surface area (Å²) >= 11 is 0. The van der Waals surface area contributed by atoms with Gasteiger partial charge in [-0.2, -0.15) is 0 Å². The van der Waals surface area contributed by atoms with E-state index in [1.54, 1.807) is 0 Å². The van der Waals surface area contributed by atoms with E-state index in [9.17, 15) is 0 Å². The lowest BCUT2D eigenvalue weighted by atomic mass is 9.70. The molecule has 0 aromatic heterocycles. The van der Waals surface area contributed by atoms with E-state index in [2.05, 4.69) is 103 Å². The first-order chi connectivity index (χ1) is 13.9. The molecule has 0 heterocycles. The molecule has 0 amide bonds. The van der Waals surface area contributed by atoms with Crippen LogP contribution in [0.2, 0.25) is 0 Å². The summed E-state index contributed by atoms with van der Waals surface area (Å²) in [5.74, 6) is 0. The molecule has 0 saturated heterocycles. The van der Waals surface area contributed by atoms with Gasteiger partial charge in [0, 0.05) is 17.8 Å². The highest BCUT2D eigenvalue weighted by molar-refractivity contribution is 5.98. The number of fused-ring (bicyclic) bond motifs is 10. The van der Waals surface area contributed by atoms with Crippen LogP contribution in [0.1, 0.15) is 29.2 Å². The molecule has 0 atom stereocenters. The van der Waals surface area contributed by atoms with Crippen molar-refractivity contribution >= 4 is 5.69 Å². The molecule has 0 unspecified atom stereocenters. The maximum absolute atomic E-state index is 3.60. The Morgan fingerprint density at radius 2 is 1.07 bits per heavy atom. The third-order valence-corrected chi connectivity index (χ3v) is 6.39. The molecule has 0 bridgehead atoms. The maximum Gasteiger partial charge on any atom is 0.0726 e. The molecule has 6 rings (SSSR count). The Kier molecular flexibility index (Phi) is 3.14. The quantitative estimate of drug-likeness (QED) is 0.374. The predicted molar refractivity (Wildman–Crippen MR) is 117 cm³/mol. The second-order valence-electron chi connectivity index (χ2n) is 7.65. The highest BCUT2D eigenvalue weighted by Gasteiger charge is 2.51. The van der Waals surface area contributed by atoms with Crippen molar-refractivity contribution in [3.63, 3.8) is 0 Å². The maximum atomic E-state index is 3.60. The van der Waals surface area contributed by atoms with Crippen molar-refractivity contribution in [2.45, 2.75) is 12.3 Å². The van der Waals surface area contributed by atoms with E-state index in [-0.39, 0.29) is 5.41 Å². The molecule has 2 aliphatic rings. The average Bonchev–Trinajstić information content (AvgIpc) is 3.22. The van der Waals surface area contributed by atoms with Crippen LogP contribution >= 0.6 is 0 Å². The van der Waals surface area contributed by atoms with Crippen molar-refractivity contribution in [1.82, 2.24) is 0 Å². The molecular formula is C27H21N. The van der Waals surface area contributed by atoms with Gasteiger partial charge in [-0.3, -0.25) is 0 Å². The summed E-state index contributed by atoms with van der Waals surface area (Å²) in [6.45, 7) is 3.08. The van der Waals surface area contributed by atoms with Crippen molar-refractivity contribution in [1.29, 1.82) is 0 Å². The molecule has 1 nitrogen and oxygen atoms in total. The van der Waals surface area contributed by atoms with E-state index >= 15 is 0 Å². The van der Waals surface area contributed by atoms with E-state index < -0.39 is 0 Å². The number of benzene rings is 4. The lowest BCUT2D eigenvalue weighted by molar-refractivity contribution is 0.794. The van der Waals surface area contributed by atoms with Crippen LogP contribution in [0.5, 0.6) is 0 Å². The van der Waals surface area contributed by atoms with Gasteiger partial charge in [0.25, 0.3) is 0 Å². The molecule has 4 aromatic carbocycles. The monoisotopic (exact) mass is 359 g/mol. The molecule has 2 aliphatic carbocycles. The highest BCUT2D eigenvalue weighted by atomic mass is 14.9. The van der Waals surface area contributed by atoms with Crippen LogP contribution < -0.4 is 5.32 Å². The normalized spacial score (nSPS) is 14.3. The largest absolute Gasteiger partial charge is 0.385 e. The van der Waals surface area contributed by atoms with Gasteiger partial charge in [-0.25, -0.2) is 0 Å². The topological polar surface area (TPSA) is 12.0 Å². The second-order valence-corrected chi connectivity index (χ2v) is 7.65. The van der Waals surface area contributed by atoms with E-state index in [0.717, 1.165) is 6.54 Å². The van der Waals surface area contributed by atoms with Crippen LogP contribution in [0.3, 0.4) is 0 Å². The first-order valence-corrected chi connectivity index (χ1v) is 10.0. The molecule has 0 saturated carbocycles. The van der Waals surface area contributed by atoms with E-state index in [1.165, 1.54) is 50.2 Å². The fourth-order valence-electron chi connectivity index (χ4n) is 5.48. The summed E-state index contributed by atoms with van der Waals surface area (Å²) in [5.41, 5.74) is 12.0. The summed E-state index contributed by atoms with van der Waals surface area (Å²) in [7, 11) is 0. The van der Waals surface area contributed by atoms with Crippen molar-refractivity contribution in [3.8, 4) is 22.3 Å². The Labute approximate surface area is 165 Å². The van der Waals surface area contributed by atoms with Crippen LogP contribution in [0.4, 0.5) is 5.69 Å². The highest BCUT2D eigenvalue weighted by Crippen LogP contribution is 2.63. The summed E-state index contributed by atoms with van der Waals surface area (Å²) in [5, 5.41) is 3.60. The molecule has 0 aliphatic heterocycles. The zero-order valence-corrected chi connectivity index (χ0v) is 15.9. The van der Waals surface area contributed by atoms with Gasteiger partial charge in [-0.05, 0) is 51.9 Å². The van der Waals surface area contributed by atoms with Crippen molar-refractivity contribution < 1.29 is 0 Å². The Bertz CT molecular complexity index is 1190. The van der Waals surface area contributed by atoms with Crippen LogP contribution in [-0.4, -0.2) is 6.54 Å². The minimum atomic E-state index is -0.232. The molecule has 1 heteroatoms. The minimum absolute atomic E-state index is 0.232. The lowest BCUT2D eigenvalue weighted by Crippen LogP contribution is -2.25. The average molecular weight is 359 g/mol. The zero-order valence-electron chi connectivity index (χ0n) is 15.9. The molecule has 1 N–H and O–H groups in total. The van der Waals surface area contributed by atoms with Crippen LogP contribution in [0.15, 0.2) is 91.0 Å². The molecule has 0 fully saturated rings. The minimum Gasteiger partial charge on any atom is -0.385 e. The fourth-order valence-corrected chi connectivity index (χ4v) is 5.48. The fraction of sp³-hybridized carbons (Fsp3) is 0.111. The third-order valence-electron chi connectivity index (χ3n) is 6.39. The van der Waals surface area contributed by atoms with Gasteiger partial charge >= 0.3 is 0 Å². The van der Waals surface area contributed by atoms with E-state index in [4.69, 9.17) is 0 Å². The van der Waals surface area contributed by atoms with Gasteiger partial charge in [0.1, 0.15) is 0 Å². The Hall–Kier alpha value is -3.32. The summed E-state index contributed by atoms with van der Waals surface area (Å²) in [6.07, 6.45) is 0. The first-order valence-electron chi connectivity index (χ1n) is 10.0. The van der Waals surface area contributed by atoms with Crippen molar-refractivity contribution in [2.75, 3.05) is 11.9 Å². The van der Waals surface area contributed by atoms with Gasteiger partial charge in [-0.1, -0.05) is 84.9 Å². The van der Waals surface area contributed by atoms with Crippen LogP contribution in [0.25, 0.3) is 22.3 Å². The summed E-state index contributed by atoms with van der Waals surface area (Å²) in [6, 6.07) is 33.6. The van der Waals surface area contributed by atoms with E-state index in [1.807, 2.05) is 0 Å². The zero-order chi connectivity index (χ0) is 18.7. The molecule has 28 heavy (non-hydrogen) atoms. The number of nitrogens with one attached hydrogen (secondary N) is 1. The SMILES string of the molecule is CCNc1cccc2c1-c1ccccc1C21c2ccccc2-c2ccccc21. The van der Waals surface area contributed by atoms with E-state index in [0.29, 0.717) is 0 Å². The number of hydrogen-bond acceptors (Lipinski definition) is 1. The first kappa shape index (κ1) is 15.7. The van der Waals surface area contributed by atoms with Gasteiger partial charge < -0.3 is 5.32 Å². The van der Waals surface area contributed by atoms with Gasteiger partial charge in [-0.15, -0.1) is 0 Å². The van der Waals surface area contributed by atoms with Gasteiger partial charge in [0.2, 0.25) is 0 Å². The smallest absolute Gasteiger partial charge is 0.0726 e. The third kappa shape index (κ3) is 1.72. The Morgan fingerprint density at radius 3 is 1.68 bits per heavy atom. The molecule has 1 spiro atoms. The van der Waals surface area contributed by atoms with Gasteiger partial charge in [0.05, 0.1) is 5.41 Å². The number of anilines is 1. The van der Waals surface area contributed by atoms with Crippen molar-refractivity contribution in [3.05, 3.63) is 113 Å². The molecule has 4 aromatic rings. The summed E-state index contributed by atoms with van der Waals surface area (Å²) < 4.78 is 0. The molecular weight excluding hydrogens is 338 g/mol. The van der Waals surface area contributed by atoms with Crippen LogP contribution in [-0.2, 0) is 5.41 Å². The summed E-state index contributed by atoms with van der Waals surface area (Å²) in [4.78, 5) is 0. The molecule has 0 radical (unpaired) electrons. The number of rotatable bonds is 2.